The van der Waals surface area contributed by atoms with E-state index in [1.807, 2.05) is 30.3 Å². The second-order valence-electron chi connectivity index (χ2n) is 4.68. The maximum absolute atomic E-state index is 5.34. The van der Waals surface area contributed by atoms with Gasteiger partial charge in [0.25, 0.3) is 5.89 Å². The van der Waals surface area contributed by atoms with E-state index in [-0.39, 0.29) is 6.04 Å². The summed E-state index contributed by atoms with van der Waals surface area (Å²) in [6.07, 6.45) is 4.84. The zero-order chi connectivity index (χ0) is 12.2. The van der Waals surface area contributed by atoms with Gasteiger partial charge in [-0.05, 0) is 31.5 Å². The molecular formula is C14H17N3O. The third kappa shape index (κ3) is 2.43. The predicted octanol–water partition coefficient (Wildman–Crippen LogP) is 2.94. The van der Waals surface area contributed by atoms with Gasteiger partial charge in [-0.25, -0.2) is 0 Å². The van der Waals surface area contributed by atoms with Crippen molar-refractivity contribution in [2.24, 2.45) is 0 Å². The molecule has 1 saturated heterocycles. The first-order valence-electron chi connectivity index (χ1n) is 6.56. The molecule has 2 aromatic rings. The van der Waals surface area contributed by atoms with Crippen LogP contribution in [0.2, 0.25) is 0 Å². The Balaban J connectivity index is 1.80. The van der Waals surface area contributed by atoms with E-state index >= 15 is 0 Å². The first-order valence-corrected chi connectivity index (χ1v) is 6.56. The first-order chi connectivity index (χ1) is 8.93. The summed E-state index contributed by atoms with van der Waals surface area (Å²) in [6, 6.07) is 10.1. The summed E-state index contributed by atoms with van der Waals surface area (Å²) in [5, 5.41) is 7.59. The lowest BCUT2D eigenvalue weighted by molar-refractivity contribution is 0.402. The lowest BCUT2D eigenvalue weighted by Gasteiger charge is -2.09. The summed E-state index contributed by atoms with van der Waals surface area (Å²) in [5.41, 5.74) is 0.977. The minimum absolute atomic E-state index is 0.244. The number of nitrogens with one attached hydrogen (secondary N) is 1. The Morgan fingerprint density at radius 2 is 2.00 bits per heavy atom. The highest BCUT2D eigenvalue weighted by Crippen LogP contribution is 2.23. The maximum Gasteiger partial charge on any atom is 0.257 e. The van der Waals surface area contributed by atoms with E-state index in [9.17, 15) is 0 Å². The largest absolute Gasteiger partial charge is 0.334 e. The van der Waals surface area contributed by atoms with E-state index in [0.29, 0.717) is 5.89 Å². The molecule has 0 saturated carbocycles. The van der Waals surface area contributed by atoms with E-state index in [1.165, 1.54) is 19.3 Å². The summed E-state index contributed by atoms with van der Waals surface area (Å²) in [5.74, 6) is 1.40. The Bertz CT molecular complexity index is 487. The van der Waals surface area contributed by atoms with Crippen molar-refractivity contribution >= 4 is 0 Å². The molecule has 1 N–H and O–H groups in total. The smallest absolute Gasteiger partial charge is 0.257 e. The molecule has 1 fully saturated rings. The van der Waals surface area contributed by atoms with Crippen LogP contribution in [0.25, 0.3) is 11.5 Å². The fourth-order valence-electron chi connectivity index (χ4n) is 2.32. The van der Waals surface area contributed by atoms with Gasteiger partial charge in [0.15, 0.2) is 5.82 Å². The van der Waals surface area contributed by atoms with Gasteiger partial charge in [-0.3, -0.25) is 0 Å². The van der Waals surface area contributed by atoms with E-state index < -0.39 is 0 Å². The molecule has 0 aliphatic carbocycles. The van der Waals surface area contributed by atoms with Crippen molar-refractivity contribution in [3.8, 4) is 11.5 Å². The molecule has 94 valence electrons. The van der Waals surface area contributed by atoms with Crippen molar-refractivity contribution in [1.29, 1.82) is 0 Å². The highest BCUT2D eigenvalue weighted by atomic mass is 16.5. The second kappa shape index (κ2) is 5.31. The molecule has 3 rings (SSSR count). The van der Waals surface area contributed by atoms with Gasteiger partial charge in [-0.1, -0.05) is 36.2 Å². The summed E-state index contributed by atoms with van der Waals surface area (Å²) in [6.45, 7) is 1.04. The number of hydrogen-bond donors (Lipinski definition) is 1. The lowest BCUT2D eigenvalue weighted by Crippen LogP contribution is -2.21. The standard InChI is InChI=1S/C14H17N3O/c1-3-7-11(8-4-1)14-16-13(17-18-14)12-9-5-2-6-10-15-12/h1,3-4,7-8,12,15H,2,5-6,9-10H2. The third-order valence-electron chi connectivity index (χ3n) is 3.33. The minimum Gasteiger partial charge on any atom is -0.334 e. The number of aromatic nitrogens is 2. The summed E-state index contributed by atoms with van der Waals surface area (Å²) >= 11 is 0. The van der Waals surface area contributed by atoms with Gasteiger partial charge < -0.3 is 9.84 Å². The van der Waals surface area contributed by atoms with Crippen LogP contribution in [-0.4, -0.2) is 16.7 Å². The lowest BCUT2D eigenvalue weighted by atomic mass is 10.1. The molecule has 4 heteroatoms. The molecule has 1 aromatic carbocycles. The van der Waals surface area contributed by atoms with Crippen molar-refractivity contribution in [2.45, 2.75) is 31.7 Å². The summed E-state index contributed by atoms with van der Waals surface area (Å²) in [7, 11) is 0. The van der Waals surface area contributed by atoms with Crippen LogP contribution in [0.5, 0.6) is 0 Å². The Kier molecular flexibility index (Phi) is 3.37. The van der Waals surface area contributed by atoms with Gasteiger partial charge in [0.1, 0.15) is 0 Å². The summed E-state index contributed by atoms with van der Waals surface area (Å²) < 4.78 is 5.34. The average Bonchev–Trinajstić information content (AvgIpc) is 2.76. The highest BCUT2D eigenvalue weighted by molar-refractivity contribution is 5.52. The Morgan fingerprint density at radius 1 is 1.11 bits per heavy atom. The van der Waals surface area contributed by atoms with Gasteiger partial charge in [0, 0.05) is 5.56 Å². The van der Waals surface area contributed by atoms with Crippen LogP contribution in [0.3, 0.4) is 0 Å². The van der Waals surface area contributed by atoms with E-state index in [2.05, 4.69) is 15.5 Å². The van der Waals surface area contributed by atoms with Crippen LogP contribution in [0, 0.1) is 0 Å². The molecular weight excluding hydrogens is 226 g/mol. The highest BCUT2D eigenvalue weighted by Gasteiger charge is 2.19. The maximum atomic E-state index is 5.34. The topological polar surface area (TPSA) is 51.0 Å². The van der Waals surface area contributed by atoms with E-state index in [1.54, 1.807) is 0 Å². The van der Waals surface area contributed by atoms with Crippen molar-refractivity contribution in [1.82, 2.24) is 15.5 Å². The van der Waals surface area contributed by atoms with Crippen LogP contribution < -0.4 is 5.32 Å². The summed E-state index contributed by atoms with van der Waals surface area (Å²) in [4.78, 5) is 4.51. The molecule has 1 aliphatic rings. The molecule has 0 spiro atoms. The molecule has 1 unspecified atom stereocenters. The van der Waals surface area contributed by atoms with Crippen LogP contribution in [-0.2, 0) is 0 Å². The Hall–Kier alpha value is -1.68. The van der Waals surface area contributed by atoms with Gasteiger partial charge in [-0.15, -0.1) is 0 Å². The fourth-order valence-corrected chi connectivity index (χ4v) is 2.32. The van der Waals surface area contributed by atoms with Crippen LogP contribution in [0.4, 0.5) is 0 Å². The molecule has 0 radical (unpaired) electrons. The normalized spacial score (nSPS) is 20.6. The van der Waals surface area contributed by atoms with Crippen molar-refractivity contribution in [3.05, 3.63) is 36.2 Å². The van der Waals surface area contributed by atoms with Crippen LogP contribution in [0.1, 0.15) is 37.5 Å². The van der Waals surface area contributed by atoms with Gasteiger partial charge >= 0.3 is 0 Å². The quantitative estimate of drug-likeness (QED) is 0.881. The molecule has 2 heterocycles. The average molecular weight is 243 g/mol. The SMILES string of the molecule is c1ccc(-c2nc(C3CCCCCN3)no2)cc1. The first kappa shape index (κ1) is 11.4. The number of rotatable bonds is 2. The van der Waals surface area contributed by atoms with Gasteiger partial charge in [-0.2, -0.15) is 4.98 Å². The Labute approximate surface area is 106 Å². The molecule has 1 atom stereocenters. The molecule has 0 bridgehead atoms. The number of nitrogens with zero attached hydrogens (tertiary/aromatic N) is 2. The van der Waals surface area contributed by atoms with Gasteiger partial charge in [0.2, 0.25) is 0 Å². The molecule has 4 nitrogen and oxygen atoms in total. The minimum atomic E-state index is 0.244. The van der Waals surface area contributed by atoms with Gasteiger partial charge in [0.05, 0.1) is 6.04 Å². The van der Waals surface area contributed by atoms with Crippen LogP contribution >= 0.6 is 0 Å². The number of hydrogen-bond acceptors (Lipinski definition) is 4. The molecule has 18 heavy (non-hydrogen) atoms. The Morgan fingerprint density at radius 3 is 2.89 bits per heavy atom. The van der Waals surface area contributed by atoms with Crippen molar-refractivity contribution < 1.29 is 4.52 Å². The number of benzene rings is 1. The van der Waals surface area contributed by atoms with Crippen molar-refractivity contribution in [2.75, 3.05) is 6.54 Å². The zero-order valence-corrected chi connectivity index (χ0v) is 10.3. The third-order valence-corrected chi connectivity index (χ3v) is 3.33. The second-order valence-corrected chi connectivity index (χ2v) is 4.68. The van der Waals surface area contributed by atoms with Crippen molar-refractivity contribution in [3.63, 3.8) is 0 Å². The predicted molar refractivity (Wildman–Crippen MR) is 68.9 cm³/mol. The zero-order valence-electron chi connectivity index (χ0n) is 10.3. The fraction of sp³-hybridized carbons (Fsp3) is 0.429. The monoisotopic (exact) mass is 243 g/mol. The molecule has 1 aliphatic heterocycles. The van der Waals surface area contributed by atoms with E-state index in [4.69, 9.17) is 4.52 Å². The molecule has 0 amide bonds. The van der Waals surface area contributed by atoms with E-state index in [0.717, 1.165) is 24.4 Å². The van der Waals surface area contributed by atoms with Crippen LogP contribution in [0.15, 0.2) is 34.9 Å². The molecule has 1 aromatic heterocycles.